The van der Waals surface area contributed by atoms with Crippen LogP contribution in [0.25, 0.3) is 0 Å². The molecule has 0 aromatic carbocycles. The third-order valence-corrected chi connectivity index (χ3v) is 3.51. The van der Waals surface area contributed by atoms with E-state index in [2.05, 4.69) is 0 Å². The molecule has 0 aromatic heterocycles. The molecule has 0 radical (unpaired) electrons. The van der Waals surface area contributed by atoms with Crippen LogP contribution in [-0.4, -0.2) is 72.6 Å². The van der Waals surface area contributed by atoms with Gasteiger partial charge in [-0.25, -0.2) is 9.59 Å². The van der Waals surface area contributed by atoms with Crippen LogP contribution in [0.1, 0.15) is 33.6 Å². The van der Waals surface area contributed by atoms with E-state index in [1.165, 1.54) is 9.80 Å². The summed E-state index contributed by atoms with van der Waals surface area (Å²) in [6.45, 7) is 8.17. The van der Waals surface area contributed by atoms with Gasteiger partial charge in [0.2, 0.25) is 0 Å². The summed E-state index contributed by atoms with van der Waals surface area (Å²) in [5.74, 6) is 0.391. The van der Waals surface area contributed by atoms with Gasteiger partial charge in [0.25, 0.3) is 0 Å². The normalized spacial score (nSPS) is 16.5. The first-order valence-corrected chi connectivity index (χ1v) is 7.69. The standard InChI is InChI=1S/C15H28N2O5/c1-15(2,3)22-14(20)16(4)9-10-21-11-12-5-7-17(8-6-12)13(18)19/h12H,5-11H2,1-4H3,(H,18,19). The van der Waals surface area contributed by atoms with Crippen molar-refractivity contribution in [3.63, 3.8) is 0 Å². The number of likely N-dealkylation sites (N-methyl/N-ethyl adjacent to an activating group) is 1. The molecule has 22 heavy (non-hydrogen) atoms. The van der Waals surface area contributed by atoms with Gasteiger partial charge >= 0.3 is 12.2 Å². The minimum atomic E-state index is -0.849. The fraction of sp³-hybridized carbons (Fsp3) is 0.867. The van der Waals surface area contributed by atoms with Crippen LogP contribution in [0, 0.1) is 5.92 Å². The third kappa shape index (κ3) is 6.98. The Bertz CT molecular complexity index is 373. The summed E-state index contributed by atoms with van der Waals surface area (Å²) in [5.41, 5.74) is -0.496. The summed E-state index contributed by atoms with van der Waals surface area (Å²) < 4.78 is 10.9. The van der Waals surface area contributed by atoms with Gasteiger partial charge in [-0.1, -0.05) is 0 Å². The van der Waals surface area contributed by atoms with Crippen molar-refractivity contribution in [1.29, 1.82) is 0 Å². The Morgan fingerprint density at radius 1 is 1.27 bits per heavy atom. The second kappa shape index (κ2) is 8.22. The molecule has 1 aliphatic heterocycles. The summed E-state index contributed by atoms with van der Waals surface area (Å²) in [4.78, 5) is 25.5. The molecule has 1 saturated heterocycles. The number of carbonyl (C=O) groups is 2. The minimum Gasteiger partial charge on any atom is -0.465 e. The van der Waals surface area contributed by atoms with Gasteiger partial charge in [0.05, 0.1) is 6.61 Å². The highest BCUT2D eigenvalue weighted by Crippen LogP contribution is 2.17. The predicted octanol–water partition coefficient (Wildman–Crippen LogP) is 2.26. The topological polar surface area (TPSA) is 79.3 Å². The van der Waals surface area contributed by atoms with E-state index in [0.29, 0.717) is 38.8 Å². The fourth-order valence-corrected chi connectivity index (χ4v) is 2.17. The SMILES string of the molecule is CN(CCOCC1CCN(C(=O)O)CC1)C(=O)OC(C)(C)C. The quantitative estimate of drug-likeness (QED) is 0.787. The number of amides is 2. The third-order valence-electron chi connectivity index (χ3n) is 3.51. The molecule has 0 aliphatic carbocycles. The second-order valence-corrected chi connectivity index (χ2v) is 6.69. The molecule has 0 spiro atoms. The Kier molecular flexibility index (Phi) is 6.93. The van der Waals surface area contributed by atoms with E-state index in [1.54, 1.807) is 7.05 Å². The highest BCUT2D eigenvalue weighted by Gasteiger charge is 2.22. The Morgan fingerprint density at radius 2 is 1.86 bits per heavy atom. The van der Waals surface area contributed by atoms with Crippen LogP contribution in [0.5, 0.6) is 0 Å². The highest BCUT2D eigenvalue weighted by atomic mass is 16.6. The molecular weight excluding hydrogens is 288 g/mol. The van der Waals surface area contributed by atoms with E-state index in [4.69, 9.17) is 14.6 Å². The first kappa shape index (κ1) is 18.5. The van der Waals surface area contributed by atoms with Crippen molar-refractivity contribution < 1.29 is 24.2 Å². The van der Waals surface area contributed by atoms with Gasteiger partial charge in [-0.3, -0.25) is 0 Å². The number of hydrogen-bond acceptors (Lipinski definition) is 4. The summed E-state index contributed by atoms with van der Waals surface area (Å²) >= 11 is 0. The molecule has 7 heteroatoms. The summed E-state index contributed by atoms with van der Waals surface area (Å²) in [7, 11) is 1.68. The van der Waals surface area contributed by atoms with Gasteiger partial charge in [-0.15, -0.1) is 0 Å². The van der Waals surface area contributed by atoms with Gasteiger partial charge in [-0.2, -0.15) is 0 Å². The van der Waals surface area contributed by atoms with E-state index in [-0.39, 0.29) is 6.09 Å². The maximum atomic E-state index is 11.7. The maximum absolute atomic E-state index is 11.7. The van der Waals surface area contributed by atoms with Gasteiger partial charge < -0.3 is 24.4 Å². The summed E-state index contributed by atoms with van der Waals surface area (Å²) in [5, 5.41) is 8.88. The van der Waals surface area contributed by atoms with Gasteiger partial charge in [-0.05, 0) is 39.5 Å². The number of carbonyl (C=O) groups excluding carboxylic acids is 1. The first-order chi connectivity index (χ1) is 10.2. The van der Waals surface area contributed by atoms with Crippen LogP contribution in [0.2, 0.25) is 0 Å². The van der Waals surface area contributed by atoms with E-state index in [9.17, 15) is 9.59 Å². The van der Waals surface area contributed by atoms with Crippen molar-refractivity contribution in [3.05, 3.63) is 0 Å². The zero-order valence-corrected chi connectivity index (χ0v) is 14.0. The van der Waals surface area contributed by atoms with E-state index in [0.717, 1.165) is 12.8 Å². The van der Waals surface area contributed by atoms with E-state index < -0.39 is 11.7 Å². The van der Waals surface area contributed by atoms with Crippen molar-refractivity contribution in [2.75, 3.05) is 39.9 Å². The predicted molar refractivity (Wildman–Crippen MR) is 82.0 cm³/mol. The van der Waals surface area contributed by atoms with Gasteiger partial charge in [0, 0.05) is 33.3 Å². The molecule has 1 aliphatic rings. The molecule has 0 unspecified atom stereocenters. The first-order valence-electron chi connectivity index (χ1n) is 7.69. The monoisotopic (exact) mass is 316 g/mol. The second-order valence-electron chi connectivity index (χ2n) is 6.69. The molecule has 128 valence electrons. The van der Waals surface area contributed by atoms with Crippen LogP contribution in [0.15, 0.2) is 0 Å². The summed E-state index contributed by atoms with van der Waals surface area (Å²) in [6.07, 6.45) is 0.451. The smallest absolute Gasteiger partial charge is 0.410 e. The molecule has 1 fully saturated rings. The van der Waals surface area contributed by atoms with Crippen LogP contribution in [0.4, 0.5) is 9.59 Å². The minimum absolute atomic E-state index is 0.356. The van der Waals surface area contributed by atoms with E-state index in [1.807, 2.05) is 20.8 Å². The molecule has 2 amide bonds. The average Bonchev–Trinajstić information content (AvgIpc) is 2.42. The lowest BCUT2D eigenvalue weighted by Crippen LogP contribution is -2.39. The molecule has 7 nitrogen and oxygen atoms in total. The van der Waals surface area contributed by atoms with Gasteiger partial charge in [0.15, 0.2) is 0 Å². The Morgan fingerprint density at radius 3 is 2.36 bits per heavy atom. The molecule has 1 heterocycles. The average molecular weight is 316 g/mol. The highest BCUT2D eigenvalue weighted by molar-refractivity contribution is 5.67. The molecule has 1 rings (SSSR count). The Hall–Kier alpha value is -1.50. The van der Waals surface area contributed by atoms with Crippen LogP contribution >= 0.6 is 0 Å². The number of nitrogens with zero attached hydrogens (tertiary/aromatic N) is 2. The lowest BCUT2D eigenvalue weighted by atomic mass is 9.98. The lowest BCUT2D eigenvalue weighted by molar-refractivity contribution is 0.0186. The number of hydrogen-bond donors (Lipinski definition) is 1. The fourth-order valence-electron chi connectivity index (χ4n) is 2.17. The van der Waals surface area contributed by atoms with Crippen molar-refractivity contribution in [2.24, 2.45) is 5.92 Å². The molecule has 0 aromatic rings. The van der Waals surface area contributed by atoms with Crippen LogP contribution in [-0.2, 0) is 9.47 Å². The number of rotatable bonds is 5. The summed E-state index contributed by atoms with van der Waals surface area (Å²) in [6, 6.07) is 0. The van der Waals surface area contributed by atoms with Crippen LogP contribution < -0.4 is 0 Å². The largest absolute Gasteiger partial charge is 0.465 e. The van der Waals surface area contributed by atoms with Crippen molar-refractivity contribution in [3.8, 4) is 0 Å². The Balaban J connectivity index is 2.13. The number of ether oxygens (including phenoxy) is 2. The zero-order chi connectivity index (χ0) is 16.8. The zero-order valence-electron chi connectivity index (χ0n) is 14.0. The molecular formula is C15H28N2O5. The van der Waals surface area contributed by atoms with E-state index >= 15 is 0 Å². The number of carboxylic acid groups (broad SMARTS) is 1. The molecule has 0 saturated carbocycles. The van der Waals surface area contributed by atoms with Crippen molar-refractivity contribution in [2.45, 2.75) is 39.2 Å². The van der Waals surface area contributed by atoms with Crippen molar-refractivity contribution in [1.82, 2.24) is 9.80 Å². The van der Waals surface area contributed by atoms with Gasteiger partial charge in [0.1, 0.15) is 5.60 Å². The molecule has 0 bridgehead atoms. The molecule has 1 N–H and O–H groups in total. The van der Waals surface area contributed by atoms with Crippen LogP contribution in [0.3, 0.4) is 0 Å². The number of piperidine rings is 1. The van der Waals surface area contributed by atoms with Crippen molar-refractivity contribution >= 4 is 12.2 Å². The lowest BCUT2D eigenvalue weighted by Gasteiger charge is -2.30. The maximum Gasteiger partial charge on any atom is 0.410 e. The number of likely N-dealkylation sites (tertiary alicyclic amines) is 1. The molecule has 0 atom stereocenters. The Labute approximate surface area is 132 Å².